The van der Waals surface area contributed by atoms with Gasteiger partial charge in [0, 0.05) is 17.4 Å². The second-order valence-electron chi connectivity index (χ2n) is 5.36. The Labute approximate surface area is 140 Å². The minimum atomic E-state index is -1.02. The van der Waals surface area contributed by atoms with E-state index in [1.807, 2.05) is 31.2 Å². The molecule has 0 atom stereocenters. The summed E-state index contributed by atoms with van der Waals surface area (Å²) in [6.45, 7) is 4.09. The van der Waals surface area contributed by atoms with Gasteiger partial charge in [-0.25, -0.2) is 4.79 Å². The van der Waals surface area contributed by atoms with E-state index in [4.69, 9.17) is 0 Å². The fraction of sp³-hybridized carbons (Fsp3) is 0.333. The molecule has 5 heteroatoms. The summed E-state index contributed by atoms with van der Waals surface area (Å²) in [6.07, 6.45) is 3.08. The van der Waals surface area contributed by atoms with Crippen LogP contribution in [-0.4, -0.2) is 17.0 Å². The average Bonchev–Trinajstić information content (AvgIpc) is 2.96. The molecular weight excluding hydrogens is 310 g/mol. The van der Waals surface area contributed by atoms with Crippen molar-refractivity contribution >= 4 is 28.2 Å². The number of aryl methyl sites for hydroxylation is 1. The molecule has 0 bridgehead atoms. The molecule has 122 valence electrons. The highest BCUT2D eigenvalue weighted by Crippen LogP contribution is 2.35. The monoisotopic (exact) mass is 331 g/mol. The summed E-state index contributed by atoms with van der Waals surface area (Å²) >= 11 is 1.26. The molecule has 0 fully saturated rings. The number of thiophene rings is 1. The molecule has 1 aromatic carbocycles. The summed E-state index contributed by atoms with van der Waals surface area (Å²) in [5, 5.41) is 14.5. The zero-order valence-corrected chi connectivity index (χ0v) is 14.2. The number of hydrogen-bond donors (Lipinski definition) is 2. The van der Waals surface area contributed by atoms with Gasteiger partial charge in [0.05, 0.1) is 0 Å². The van der Waals surface area contributed by atoms with E-state index in [0.717, 1.165) is 24.8 Å². The second-order valence-corrected chi connectivity index (χ2v) is 6.24. The van der Waals surface area contributed by atoms with Crippen LogP contribution in [-0.2, 0) is 11.2 Å². The molecule has 1 heterocycles. The summed E-state index contributed by atoms with van der Waals surface area (Å²) in [5.41, 5.74) is 2.87. The van der Waals surface area contributed by atoms with Gasteiger partial charge < -0.3 is 10.4 Å². The van der Waals surface area contributed by atoms with E-state index in [1.165, 1.54) is 16.9 Å². The highest BCUT2D eigenvalue weighted by molar-refractivity contribution is 7.15. The minimum absolute atomic E-state index is 0.135. The molecule has 0 radical (unpaired) electrons. The largest absolute Gasteiger partial charge is 0.478 e. The summed E-state index contributed by atoms with van der Waals surface area (Å²) in [6, 6.07) is 7.85. The lowest BCUT2D eigenvalue weighted by molar-refractivity contribution is -0.116. The highest BCUT2D eigenvalue weighted by atomic mass is 32.1. The van der Waals surface area contributed by atoms with Gasteiger partial charge >= 0.3 is 5.97 Å². The van der Waals surface area contributed by atoms with Crippen LogP contribution in [0.1, 0.15) is 49.0 Å². The van der Waals surface area contributed by atoms with Crippen LogP contribution in [0.4, 0.5) is 5.00 Å². The van der Waals surface area contributed by atoms with Crippen LogP contribution in [0, 0.1) is 0 Å². The number of rotatable bonds is 7. The number of carbonyl (C=O) groups excluding carboxylic acids is 1. The van der Waals surface area contributed by atoms with Crippen LogP contribution in [0.2, 0.25) is 0 Å². The third kappa shape index (κ3) is 4.20. The topological polar surface area (TPSA) is 66.4 Å². The van der Waals surface area contributed by atoms with Crippen LogP contribution < -0.4 is 5.32 Å². The van der Waals surface area contributed by atoms with Crippen molar-refractivity contribution in [3.8, 4) is 11.1 Å². The first kappa shape index (κ1) is 17.2. The molecule has 0 aliphatic rings. The number of benzene rings is 1. The number of nitrogens with one attached hydrogen (secondary N) is 1. The lowest BCUT2D eigenvalue weighted by atomic mass is 10.0. The fourth-order valence-electron chi connectivity index (χ4n) is 2.32. The van der Waals surface area contributed by atoms with Crippen molar-refractivity contribution in [2.24, 2.45) is 0 Å². The lowest BCUT2D eigenvalue weighted by Crippen LogP contribution is -2.12. The molecule has 0 aliphatic heterocycles. The van der Waals surface area contributed by atoms with E-state index in [1.54, 1.807) is 5.38 Å². The van der Waals surface area contributed by atoms with Crippen molar-refractivity contribution in [1.82, 2.24) is 0 Å². The first-order chi connectivity index (χ1) is 11.1. The molecule has 2 aromatic rings. The van der Waals surface area contributed by atoms with Crippen LogP contribution in [0.5, 0.6) is 0 Å². The van der Waals surface area contributed by atoms with Crippen LogP contribution in [0.25, 0.3) is 11.1 Å². The number of aromatic carboxylic acids is 1. The quantitative estimate of drug-likeness (QED) is 0.765. The molecule has 0 spiro atoms. The number of hydrogen-bond acceptors (Lipinski definition) is 3. The average molecular weight is 331 g/mol. The maximum atomic E-state index is 11.9. The van der Waals surface area contributed by atoms with Crippen molar-refractivity contribution in [3.63, 3.8) is 0 Å². The maximum absolute atomic E-state index is 11.9. The highest BCUT2D eigenvalue weighted by Gasteiger charge is 2.20. The Morgan fingerprint density at radius 2 is 1.87 bits per heavy atom. The number of carboxylic acids is 1. The van der Waals surface area contributed by atoms with Crippen LogP contribution >= 0.6 is 11.3 Å². The van der Waals surface area contributed by atoms with E-state index >= 15 is 0 Å². The number of carboxylic acid groups (broad SMARTS) is 1. The summed E-state index contributed by atoms with van der Waals surface area (Å²) < 4.78 is 0. The van der Waals surface area contributed by atoms with Crippen molar-refractivity contribution in [2.45, 2.75) is 39.5 Å². The molecule has 1 aromatic heterocycles. The molecule has 2 N–H and O–H groups in total. The van der Waals surface area contributed by atoms with Crippen LogP contribution in [0.3, 0.4) is 0 Å². The SMILES string of the molecule is CCCCC(=O)Nc1scc(-c2ccc(CC)cc2)c1C(=O)O. The van der Waals surface area contributed by atoms with Gasteiger partial charge in [-0.2, -0.15) is 0 Å². The number of unbranched alkanes of at least 4 members (excludes halogenated alkanes) is 1. The Morgan fingerprint density at radius 1 is 1.17 bits per heavy atom. The molecule has 0 saturated heterocycles. The normalized spacial score (nSPS) is 10.5. The fourth-order valence-corrected chi connectivity index (χ4v) is 3.30. The summed E-state index contributed by atoms with van der Waals surface area (Å²) in [5.74, 6) is -1.16. The smallest absolute Gasteiger partial charge is 0.339 e. The zero-order chi connectivity index (χ0) is 16.8. The molecule has 1 amide bonds. The molecule has 4 nitrogen and oxygen atoms in total. The van der Waals surface area contributed by atoms with Gasteiger partial charge in [-0.15, -0.1) is 11.3 Å². The van der Waals surface area contributed by atoms with Crippen molar-refractivity contribution in [2.75, 3.05) is 5.32 Å². The van der Waals surface area contributed by atoms with Crippen molar-refractivity contribution in [3.05, 3.63) is 40.8 Å². The third-order valence-corrected chi connectivity index (χ3v) is 4.58. The first-order valence-corrected chi connectivity index (χ1v) is 8.68. The predicted molar refractivity (Wildman–Crippen MR) is 94.2 cm³/mol. The van der Waals surface area contributed by atoms with Gasteiger partial charge in [0.2, 0.25) is 5.91 Å². The van der Waals surface area contributed by atoms with Crippen molar-refractivity contribution < 1.29 is 14.7 Å². The Balaban J connectivity index is 2.30. The standard InChI is InChI=1S/C18H21NO3S/c1-3-5-6-15(20)19-17-16(18(21)22)14(11-23-17)13-9-7-12(4-2)8-10-13/h7-11H,3-6H2,1-2H3,(H,19,20)(H,21,22). The molecule has 0 aliphatic carbocycles. The van der Waals surface area contributed by atoms with E-state index in [9.17, 15) is 14.7 Å². The minimum Gasteiger partial charge on any atom is -0.478 e. The molecule has 0 unspecified atom stereocenters. The molecule has 0 saturated carbocycles. The summed E-state index contributed by atoms with van der Waals surface area (Å²) in [7, 11) is 0. The maximum Gasteiger partial charge on any atom is 0.339 e. The van der Waals surface area contributed by atoms with Gasteiger partial charge in [0.25, 0.3) is 0 Å². The Kier molecular flexibility index (Phi) is 5.93. The Bertz CT molecular complexity index is 689. The molecule has 23 heavy (non-hydrogen) atoms. The van der Waals surface area contributed by atoms with Gasteiger partial charge in [0.1, 0.15) is 10.6 Å². The molecular formula is C18H21NO3S. The number of amides is 1. The predicted octanol–water partition coefficient (Wildman–Crippen LogP) is 4.80. The van der Waals surface area contributed by atoms with E-state index < -0.39 is 5.97 Å². The Hall–Kier alpha value is -2.14. The van der Waals surface area contributed by atoms with E-state index in [2.05, 4.69) is 12.2 Å². The number of carbonyl (C=O) groups is 2. The molecule has 2 rings (SSSR count). The van der Waals surface area contributed by atoms with Gasteiger partial charge in [-0.1, -0.05) is 44.5 Å². The summed E-state index contributed by atoms with van der Waals surface area (Å²) in [4.78, 5) is 23.5. The van der Waals surface area contributed by atoms with Crippen LogP contribution in [0.15, 0.2) is 29.6 Å². The van der Waals surface area contributed by atoms with E-state index in [0.29, 0.717) is 17.0 Å². The zero-order valence-electron chi connectivity index (χ0n) is 13.4. The number of anilines is 1. The second kappa shape index (κ2) is 7.92. The van der Waals surface area contributed by atoms with Gasteiger partial charge in [-0.05, 0) is 24.0 Å². The first-order valence-electron chi connectivity index (χ1n) is 7.80. The van der Waals surface area contributed by atoms with E-state index in [-0.39, 0.29) is 11.5 Å². The Morgan fingerprint density at radius 3 is 2.43 bits per heavy atom. The van der Waals surface area contributed by atoms with Gasteiger partial charge in [0.15, 0.2) is 0 Å². The van der Waals surface area contributed by atoms with Gasteiger partial charge in [-0.3, -0.25) is 4.79 Å². The lowest BCUT2D eigenvalue weighted by Gasteiger charge is -2.06. The third-order valence-electron chi connectivity index (χ3n) is 3.69. The van der Waals surface area contributed by atoms with Crippen molar-refractivity contribution in [1.29, 1.82) is 0 Å².